The summed E-state index contributed by atoms with van der Waals surface area (Å²) in [6.45, 7) is -0.0102. The molecule has 132 valence electrons. The van der Waals surface area contributed by atoms with Crippen LogP contribution >= 0.6 is 0 Å². The van der Waals surface area contributed by atoms with Crippen LogP contribution in [0.25, 0.3) is 22.8 Å². The van der Waals surface area contributed by atoms with Gasteiger partial charge in [0.15, 0.2) is 18.0 Å². The highest BCUT2D eigenvalue weighted by Crippen LogP contribution is 2.18. The van der Waals surface area contributed by atoms with Crippen LogP contribution in [0.1, 0.15) is 12.3 Å². The van der Waals surface area contributed by atoms with Crippen molar-refractivity contribution in [1.82, 2.24) is 14.8 Å². The molecule has 1 aromatic carbocycles. The fourth-order valence-corrected chi connectivity index (χ4v) is 2.45. The molecule has 9 nitrogen and oxygen atoms in total. The molecule has 9 heteroatoms. The molecule has 0 aliphatic rings. The summed E-state index contributed by atoms with van der Waals surface area (Å²) >= 11 is 0. The van der Waals surface area contributed by atoms with Gasteiger partial charge in [-0.05, 0) is 24.3 Å². The second-order valence-corrected chi connectivity index (χ2v) is 5.38. The monoisotopic (exact) mass is 355 g/mol. The van der Waals surface area contributed by atoms with Crippen molar-refractivity contribution >= 4 is 17.1 Å². The molecule has 0 N–H and O–H groups in total. The molecule has 0 aliphatic heterocycles. The van der Waals surface area contributed by atoms with Gasteiger partial charge in [0.1, 0.15) is 0 Å². The topological polar surface area (TPSA) is 114 Å². The van der Waals surface area contributed by atoms with Crippen molar-refractivity contribution in [1.29, 1.82) is 0 Å². The van der Waals surface area contributed by atoms with Crippen LogP contribution in [-0.4, -0.2) is 20.7 Å². The van der Waals surface area contributed by atoms with E-state index in [9.17, 15) is 9.59 Å². The van der Waals surface area contributed by atoms with E-state index in [-0.39, 0.29) is 31.4 Å². The summed E-state index contributed by atoms with van der Waals surface area (Å²) in [7, 11) is 0. The number of esters is 1. The van der Waals surface area contributed by atoms with Gasteiger partial charge in [0.25, 0.3) is 11.8 Å². The van der Waals surface area contributed by atoms with Gasteiger partial charge in [-0.3, -0.25) is 9.36 Å². The quantitative estimate of drug-likeness (QED) is 0.484. The molecule has 4 rings (SSSR count). The van der Waals surface area contributed by atoms with Crippen LogP contribution in [0.15, 0.2) is 60.7 Å². The lowest BCUT2D eigenvalue weighted by Gasteiger charge is -2.03. The summed E-state index contributed by atoms with van der Waals surface area (Å²) in [5, 5.41) is 7.59. The highest BCUT2D eigenvalue weighted by Gasteiger charge is 2.14. The third kappa shape index (κ3) is 3.14. The van der Waals surface area contributed by atoms with Crippen molar-refractivity contribution < 1.29 is 22.8 Å². The van der Waals surface area contributed by atoms with E-state index in [2.05, 4.69) is 10.2 Å². The number of carbonyl (C=O) groups is 1. The fourth-order valence-electron chi connectivity index (χ4n) is 2.45. The fraction of sp³-hybridized carbons (Fsp3) is 0.176. The summed E-state index contributed by atoms with van der Waals surface area (Å²) in [5.41, 5.74) is 1.10. The molecular weight excluding hydrogens is 342 g/mol. The van der Waals surface area contributed by atoms with Crippen LogP contribution in [0.4, 0.5) is 0 Å². The van der Waals surface area contributed by atoms with Crippen LogP contribution in [0.2, 0.25) is 0 Å². The smallest absolute Gasteiger partial charge is 0.419 e. The minimum absolute atomic E-state index is 0.00259. The van der Waals surface area contributed by atoms with Gasteiger partial charge >= 0.3 is 11.7 Å². The van der Waals surface area contributed by atoms with E-state index in [1.807, 2.05) is 0 Å². The van der Waals surface area contributed by atoms with Gasteiger partial charge in [0.05, 0.1) is 18.2 Å². The third-order valence-electron chi connectivity index (χ3n) is 3.67. The van der Waals surface area contributed by atoms with Gasteiger partial charge in [-0.15, -0.1) is 10.2 Å². The minimum Gasteiger partial charge on any atom is -0.459 e. The SMILES string of the molecule is O=C(CCn1c(=O)oc2ccccc21)OCc1nnc(-c2ccco2)o1. The first-order chi connectivity index (χ1) is 12.7. The Balaban J connectivity index is 1.34. The number of nitrogens with zero attached hydrogens (tertiary/aromatic N) is 3. The standard InChI is InChI=1S/C17H13N3O6/c21-15(7-8-20-11-4-1-2-5-12(11)25-17(20)22)24-10-14-18-19-16(26-14)13-6-3-9-23-13/h1-6,9H,7-8,10H2. The third-order valence-corrected chi connectivity index (χ3v) is 3.67. The molecule has 0 bridgehead atoms. The number of oxazole rings is 1. The molecule has 0 radical (unpaired) electrons. The highest BCUT2D eigenvalue weighted by molar-refractivity contribution is 5.73. The first-order valence-electron chi connectivity index (χ1n) is 7.81. The van der Waals surface area contributed by atoms with Crippen LogP contribution in [0.5, 0.6) is 0 Å². The van der Waals surface area contributed by atoms with Gasteiger partial charge < -0.3 is 18.0 Å². The lowest BCUT2D eigenvalue weighted by atomic mass is 10.3. The normalized spacial score (nSPS) is 11.1. The van der Waals surface area contributed by atoms with Gasteiger partial charge in [-0.2, -0.15) is 0 Å². The van der Waals surface area contributed by atoms with Crippen molar-refractivity contribution in [3.05, 3.63) is 59.1 Å². The average Bonchev–Trinajstić information content (AvgIpc) is 3.37. The second kappa shape index (κ2) is 6.71. The number of carbonyl (C=O) groups excluding carboxylic acids is 1. The summed E-state index contributed by atoms with van der Waals surface area (Å²) in [6.07, 6.45) is 1.49. The summed E-state index contributed by atoms with van der Waals surface area (Å²) in [6, 6.07) is 10.4. The Bertz CT molecular complexity index is 1090. The Morgan fingerprint density at radius 3 is 2.85 bits per heavy atom. The summed E-state index contributed by atoms with van der Waals surface area (Å²) in [5.74, 6) is -0.228. The second-order valence-electron chi connectivity index (χ2n) is 5.38. The molecule has 26 heavy (non-hydrogen) atoms. The number of hydrogen-bond acceptors (Lipinski definition) is 8. The van der Waals surface area contributed by atoms with Crippen molar-refractivity contribution in [2.75, 3.05) is 0 Å². The lowest BCUT2D eigenvalue weighted by Crippen LogP contribution is -2.17. The molecule has 0 aliphatic carbocycles. The number of ether oxygens (including phenoxy) is 1. The Morgan fingerprint density at radius 2 is 2.00 bits per heavy atom. The molecular formula is C17H13N3O6. The van der Waals surface area contributed by atoms with Crippen LogP contribution in [0, 0.1) is 0 Å². The van der Waals surface area contributed by atoms with E-state index < -0.39 is 11.7 Å². The minimum atomic E-state index is -0.515. The Kier molecular flexibility index (Phi) is 4.10. The molecule has 3 aromatic heterocycles. The molecule has 4 aromatic rings. The van der Waals surface area contributed by atoms with E-state index in [1.54, 1.807) is 36.4 Å². The molecule has 0 fully saturated rings. The average molecular weight is 355 g/mol. The number of hydrogen-bond donors (Lipinski definition) is 0. The molecule has 0 spiro atoms. The van der Waals surface area contributed by atoms with E-state index in [1.165, 1.54) is 10.8 Å². The zero-order valence-electron chi connectivity index (χ0n) is 13.5. The van der Waals surface area contributed by atoms with Gasteiger partial charge in [-0.1, -0.05) is 12.1 Å². The predicted octanol–water partition coefficient (Wildman–Crippen LogP) is 2.37. The number of aromatic nitrogens is 3. The van der Waals surface area contributed by atoms with Crippen molar-refractivity contribution in [2.24, 2.45) is 0 Å². The van der Waals surface area contributed by atoms with Crippen molar-refractivity contribution in [3.8, 4) is 11.7 Å². The number of para-hydroxylation sites is 2. The molecule has 0 saturated heterocycles. The maximum absolute atomic E-state index is 11.9. The van der Waals surface area contributed by atoms with Gasteiger partial charge in [0.2, 0.25) is 0 Å². The molecule has 3 heterocycles. The number of furan rings is 1. The number of rotatable bonds is 6. The van der Waals surface area contributed by atoms with Crippen LogP contribution in [-0.2, 0) is 22.7 Å². The molecule has 0 amide bonds. The Hall–Kier alpha value is -3.62. The van der Waals surface area contributed by atoms with Crippen LogP contribution in [0.3, 0.4) is 0 Å². The molecule has 0 unspecified atom stereocenters. The maximum atomic E-state index is 11.9. The predicted molar refractivity (Wildman–Crippen MR) is 86.9 cm³/mol. The van der Waals surface area contributed by atoms with Gasteiger partial charge in [0, 0.05) is 6.54 Å². The first kappa shape index (κ1) is 15.9. The zero-order chi connectivity index (χ0) is 17.9. The molecule has 0 atom stereocenters. The highest BCUT2D eigenvalue weighted by atomic mass is 16.5. The number of fused-ring (bicyclic) bond motifs is 1. The maximum Gasteiger partial charge on any atom is 0.419 e. The summed E-state index contributed by atoms with van der Waals surface area (Å²) in [4.78, 5) is 23.8. The van der Waals surface area contributed by atoms with E-state index in [0.717, 1.165) is 0 Å². The first-order valence-corrected chi connectivity index (χ1v) is 7.81. The van der Waals surface area contributed by atoms with E-state index in [0.29, 0.717) is 16.9 Å². The Morgan fingerprint density at radius 1 is 1.12 bits per heavy atom. The number of aryl methyl sites for hydroxylation is 1. The lowest BCUT2D eigenvalue weighted by molar-refractivity contribution is -0.145. The van der Waals surface area contributed by atoms with Crippen LogP contribution < -0.4 is 5.76 Å². The number of benzene rings is 1. The van der Waals surface area contributed by atoms with Crippen molar-refractivity contribution in [3.63, 3.8) is 0 Å². The molecule has 0 saturated carbocycles. The van der Waals surface area contributed by atoms with E-state index in [4.69, 9.17) is 18.0 Å². The zero-order valence-corrected chi connectivity index (χ0v) is 13.5. The van der Waals surface area contributed by atoms with E-state index >= 15 is 0 Å². The largest absolute Gasteiger partial charge is 0.459 e. The van der Waals surface area contributed by atoms with Gasteiger partial charge in [-0.25, -0.2) is 4.79 Å². The summed E-state index contributed by atoms with van der Waals surface area (Å²) < 4.78 is 22.1. The van der Waals surface area contributed by atoms with Crippen molar-refractivity contribution in [2.45, 2.75) is 19.6 Å². The Labute approximate surface area is 145 Å².